The van der Waals surface area contributed by atoms with Crippen LogP contribution in [0.4, 0.5) is 0 Å². The second kappa shape index (κ2) is 6.38. The van der Waals surface area contributed by atoms with Gasteiger partial charge < -0.3 is 10.1 Å². The lowest BCUT2D eigenvalue weighted by atomic mass is 9.74. The van der Waals surface area contributed by atoms with Crippen LogP contribution in [0.3, 0.4) is 0 Å². The Bertz CT molecular complexity index is 570. The molecule has 1 aromatic rings. The van der Waals surface area contributed by atoms with Crippen LogP contribution in [0.5, 0.6) is 0 Å². The highest BCUT2D eigenvalue weighted by Gasteiger charge is 2.41. The molecule has 3 nitrogen and oxygen atoms in total. The van der Waals surface area contributed by atoms with Crippen LogP contribution in [0, 0.1) is 11.8 Å². The van der Waals surface area contributed by atoms with Crippen LogP contribution in [0.2, 0.25) is 10.0 Å². The van der Waals surface area contributed by atoms with E-state index in [1.807, 2.05) is 12.1 Å². The molecule has 2 atom stereocenters. The van der Waals surface area contributed by atoms with Crippen molar-refractivity contribution in [2.24, 2.45) is 11.8 Å². The highest BCUT2D eigenvalue weighted by atomic mass is 35.5. The van der Waals surface area contributed by atoms with Gasteiger partial charge in [-0.3, -0.25) is 4.79 Å². The third kappa shape index (κ3) is 3.27. The Morgan fingerprint density at radius 1 is 1.36 bits per heavy atom. The van der Waals surface area contributed by atoms with Crippen LogP contribution in [0.25, 0.3) is 0 Å². The van der Waals surface area contributed by atoms with Gasteiger partial charge >= 0.3 is 0 Å². The van der Waals surface area contributed by atoms with Crippen LogP contribution >= 0.6 is 23.2 Å². The van der Waals surface area contributed by atoms with Gasteiger partial charge in [-0.2, -0.15) is 0 Å². The predicted octanol–water partition coefficient (Wildman–Crippen LogP) is 3.81. The van der Waals surface area contributed by atoms with E-state index in [-0.39, 0.29) is 17.2 Å². The van der Waals surface area contributed by atoms with E-state index >= 15 is 0 Å². The molecule has 1 aliphatic carbocycles. The topological polar surface area (TPSA) is 38.3 Å². The van der Waals surface area contributed by atoms with Crippen LogP contribution in [-0.2, 0) is 14.9 Å². The Hall–Kier alpha value is -0.770. The number of hydrogen-bond acceptors (Lipinski definition) is 2. The molecule has 1 aliphatic heterocycles. The lowest BCUT2D eigenvalue weighted by Gasteiger charge is -2.38. The SMILES string of the molecule is C[C@@H]1C[C@H]1C(=O)NCC1(c2ccc(Cl)cc2Cl)CCOCC1. The first kappa shape index (κ1) is 16.1. The fraction of sp³-hybridized carbons (Fsp3) is 0.588. The molecule has 120 valence electrons. The minimum absolute atomic E-state index is 0.159. The lowest BCUT2D eigenvalue weighted by Crippen LogP contribution is -2.45. The van der Waals surface area contributed by atoms with Crippen molar-refractivity contribution < 1.29 is 9.53 Å². The highest BCUT2D eigenvalue weighted by Crippen LogP contribution is 2.41. The molecule has 5 heteroatoms. The summed E-state index contributed by atoms with van der Waals surface area (Å²) in [6.07, 6.45) is 2.72. The molecule has 1 saturated carbocycles. The molecule has 0 bridgehead atoms. The second-order valence-electron chi connectivity index (χ2n) is 6.55. The first-order chi connectivity index (χ1) is 10.5. The molecule has 3 rings (SSSR count). The zero-order valence-electron chi connectivity index (χ0n) is 12.7. The summed E-state index contributed by atoms with van der Waals surface area (Å²) in [7, 11) is 0. The third-order valence-electron chi connectivity index (χ3n) is 5.00. The first-order valence-corrected chi connectivity index (χ1v) is 8.58. The number of benzene rings is 1. The van der Waals surface area contributed by atoms with Gasteiger partial charge in [0, 0.05) is 41.1 Å². The number of halogens is 2. The molecule has 2 aliphatic rings. The molecule has 0 radical (unpaired) electrons. The maximum atomic E-state index is 12.2. The van der Waals surface area contributed by atoms with Crippen molar-refractivity contribution >= 4 is 29.1 Å². The van der Waals surface area contributed by atoms with E-state index in [0.717, 1.165) is 24.8 Å². The highest BCUT2D eigenvalue weighted by molar-refractivity contribution is 6.35. The Morgan fingerprint density at radius 3 is 2.64 bits per heavy atom. The van der Waals surface area contributed by atoms with Crippen molar-refractivity contribution in [2.45, 2.75) is 31.6 Å². The molecule has 1 aromatic carbocycles. The molecule has 0 spiro atoms. The smallest absolute Gasteiger partial charge is 0.223 e. The van der Waals surface area contributed by atoms with E-state index in [4.69, 9.17) is 27.9 Å². The fourth-order valence-electron chi connectivity index (χ4n) is 3.30. The van der Waals surface area contributed by atoms with E-state index in [1.54, 1.807) is 6.07 Å². The normalized spacial score (nSPS) is 26.5. The predicted molar refractivity (Wildman–Crippen MR) is 88.5 cm³/mol. The van der Waals surface area contributed by atoms with Gasteiger partial charge in [0.05, 0.1) is 0 Å². The van der Waals surface area contributed by atoms with Crippen LogP contribution in [-0.4, -0.2) is 25.7 Å². The Balaban J connectivity index is 1.79. The van der Waals surface area contributed by atoms with Gasteiger partial charge in [-0.05, 0) is 42.9 Å². The summed E-state index contributed by atoms with van der Waals surface area (Å²) in [5.41, 5.74) is 0.902. The zero-order valence-corrected chi connectivity index (χ0v) is 14.2. The van der Waals surface area contributed by atoms with Gasteiger partial charge in [-0.15, -0.1) is 0 Å². The van der Waals surface area contributed by atoms with Crippen molar-refractivity contribution in [3.8, 4) is 0 Å². The van der Waals surface area contributed by atoms with Gasteiger partial charge in [0.15, 0.2) is 0 Å². The number of carbonyl (C=O) groups excluding carboxylic acids is 1. The average Bonchev–Trinajstić information content (AvgIpc) is 3.23. The standard InChI is InChI=1S/C17H21Cl2NO2/c1-11-8-13(11)16(21)20-10-17(4-6-22-7-5-17)14-3-2-12(18)9-15(14)19/h2-3,9,11,13H,4-8,10H2,1H3,(H,20,21)/t11-,13-/m1/s1. The Kier molecular flexibility index (Phi) is 4.67. The van der Waals surface area contributed by atoms with Gasteiger partial charge in [-0.25, -0.2) is 0 Å². The number of nitrogens with one attached hydrogen (secondary N) is 1. The van der Waals surface area contributed by atoms with Crippen molar-refractivity contribution in [3.05, 3.63) is 33.8 Å². The van der Waals surface area contributed by atoms with Crippen LogP contribution < -0.4 is 5.32 Å². The van der Waals surface area contributed by atoms with E-state index in [1.165, 1.54) is 0 Å². The summed E-state index contributed by atoms with van der Waals surface area (Å²) in [5.74, 6) is 0.880. The van der Waals surface area contributed by atoms with Crippen molar-refractivity contribution in [1.82, 2.24) is 5.32 Å². The summed E-state index contributed by atoms with van der Waals surface area (Å²) in [5, 5.41) is 4.44. The number of amides is 1. The van der Waals surface area contributed by atoms with Gasteiger partial charge in [0.25, 0.3) is 0 Å². The Morgan fingerprint density at radius 2 is 2.05 bits per heavy atom. The maximum Gasteiger partial charge on any atom is 0.223 e. The summed E-state index contributed by atoms with van der Waals surface area (Å²) >= 11 is 12.4. The number of hydrogen-bond donors (Lipinski definition) is 1. The minimum Gasteiger partial charge on any atom is -0.381 e. The first-order valence-electron chi connectivity index (χ1n) is 7.83. The van der Waals surface area contributed by atoms with Gasteiger partial charge in [0.1, 0.15) is 0 Å². The molecular formula is C17H21Cl2NO2. The monoisotopic (exact) mass is 341 g/mol. The number of rotatable bonds is 4. The van der Waals surface area contributed by atoms with Crippen molar-refractivity contribution in [2.75, 3.05) is 19.8 Å². The van der Waals surface area contributed by atoms with E-state index in [0.29, 0.717) is 35.7 Å². The molecule has 1 heterocycles. The van der Waals surface area contributed by atoms with Gasteiger partial charge in [-0.1, -0.05) is 36.2 Å². The van der Waals surface area contributed by atoms with Crippen LogP contribution in [0.1, 0.15) is 31.7 Å². The summed E-state index contributed by atoms with van der Waals surface area (Å²) in [4.78, 5) is 12.2. The summed E-state index contributed by atoms with van der Waals surface area (Å²) < 4.78 is 5.51. The van der Waals surface area contributed by atoms with Crippen LogP contribution in [0.15, 0.2) is 18.2 Å². The lowest BCUT2D eigenvalue weighted by molar-refractivity contribution is -0.123. The van der Waals surface area contributed by atoms with E-state index < -0.39 is 0 Å². The molecule has 1 saturated heterocycles. The fourth-order valence-corrected chi connectivity index (χ4v) is 3.91. The second-order valence-corrected chi connectivity index (χ2v) is 7.40. The molecule has 0 aromatic heterocycles. The quantitative estimate of drug-likeness (QED) is 0.904. The summed E-state index contributed by atoms with van der Waals surface area (Å²) in [6.45, 7) is 4.10. The molecular weight excluding hydrogens is 321 g/mol. The molecule has 22 heavy (non-hydrogen) atoms. The maximum absolute atomic E-state index is 12.2. The van der Waals surface area contributed by atoms with Crippen molar-refractivity contribution in [1.29, 1.82) is 0 Å². The molecule has 1 N–H and O–H groups in total. The molecule has 0 unspecified atom stereocenters. The third-order valence-corrected chi connectivity index (χ3v) is 5.55. The summed E-state index contributed by atoms with van der Waals surface area (Å²) in [6, 6.07) is 5.63. The van der Waals surface area contributed by atoms with Crippen molar-refractivity contribution in [3.63, 3.8) is 0 Å². The number of carbonyl (C=O) groups is 1. The largest absolute Gasteiger partial charge is 0.381 e. The molecule has 2 fully saturated rings. The minimum atomic E-state index is -0.159. The zero-order chi connectivity index (χ0) is 15.7. The van der Waals surface area contributed by atoms with E-state index in [2.05, 4.69) is 12.2 Å². The number of ether oxygens (including phenoxy) is 1. The van der Waals surface area contributed by atoms with E-state index in [9.17, 15) is 4.79 Å². The molecule has 1 amide bonds. The average molecular weight is 342 g/mol. The Labute approximate surface area is 141 Å². The van der Waals surface area contributed by atoms with Gasteiger partial charge in [0.2, 0.25) is 5.91 Å².